The third kappa shape index (κ3) is 5.19. The van der Waals surface area contributed by atoms with Gasteiger partial charge in [-0.2, -0.15) is 0 Å². The van der Waals surface area contributed by atoms with Gasteiger partial charge in [-0.15, -0.1) is 11.8 Å². The quantitative estimate of drug-likeness (QED) is 0.195. The lowest BCUT2D eigenvalue weighted by Crippen LogP contribution is -2.42. The van der Waals surface area contributed by atoms with E-state index >= 15 is 0 Å². The third-order valence-corrected chi connectivity index (χ3v) is 13.2. The molecule has 2 aliphatic heterocycles. The largest absolute Gasteiger partial charge is 0.490 e. The summed E-state index contributed by atoms with van der Waals surface area (Å²) in [4.78, 5) is 58.7. The van der Waals surface area contributed by atoms with Crippen molar-refractivity contribution in [2.45, 2.75) is 36.5 Å². The number of H-pyrrole nitrogens is 1. The fourth-order valence-electron chi connectivity index (χ4n) is 8.40. The highest BCUT2D eigenvalue weighted by Gasteiger charge is 2.69. The predicted molar refractivity (Wildman–Crippen MR) is 188 cm³/mol. The number of hydrogen-bond donors (Lipinski definition) is 2. The third-order valence-electron chi connectivity index (χ3n) is 10.1. The molecule has 12 heteroatoms. The van der Waals surface area contributed by atoms with Crippen molar-refractivity contribution in [3.8, 4) is 11.5 Å². The Kier molecular flexibility index (Phi) is 8.00. The molecule has 3 heterocycles. The lowest BCUT2D eigenvalue weighted by atomic mass is 9.68. The molecule has 3 amide bonds. The number of carbonyl (C=O) groups excluding carboxylic acids is 3. The first kappa shape index (κ1) is 31.4. The van der Waals surface area contributed by atoms with Gasteiger partial charge in [0.05, 0.1) is 29.2 Å². The second kappa shape index (κ2) is 12.2. The van der Waals surface area contributed by atoms with Crippen molar-refractivity contribution in [1.29, 1.82) is 0 Å². The summed E-state index contributed by atoms with van der Waals surface area (Å²) >= 11 is 6.31. The van der Waals surface area contributed by atoms with Crippen LogP contribution in [0.4, 0.5) is 11.4 Å². The number of imide groups is 1. The molecule has 7 atom stereocenters. The molecule has 4 aliphatic rings. The van der Waals surface area contributed by atoms with E-state index in [4.69, 9.17) is 9.47 Å². The zero-order valence-electron chi connectivity index (χ0n) is 26.1. The molecule has 48 heavy (non-hydrogen) atoms. The summed E-state index contributed by atoms with van der Waals surface area (Å²) in [6, 6.07) is 20.6. The highest BCUT2D eigenvalue weighted by atomic mass is 79.9. The molecule has 1 aromatic heterocycles. The number of hydrogen-bond acceptors (Lipinski definition) is 8. The van der Waals surface area contributed by atoms with E-state index in [1.54, 1.807) is 23.9 Å². The molecular formula is C36H32BrN3O6S2. The van der Waals surface area contributed by atoms with Crippen molar-refractivity contribution in [3.05, 3.63) is 96.9 Å². The predicted octanol–water partition coefficient (Wildman–Crippen LogP) is 6.60. The summed E-state index contributed by atoms with van der Waals surface area (Å²) in [6.45, 7) is 4.05. The maximum absolute atomic E-state index is 14.0. The van der Waals surface area contributed by atoms with Gasteiger partial charge >= 0.3 is 4.87 Å². The van der Waals surface area contributed by atoms with Gasteiger partial charge in [0.1, 0.15) is 0 Å². The molecular weight excluding hydrogens is 714 g/mol. The normalized spacial score (nSPS) is 26.6. The number of benzene rings is 3. The minimum atomic E-state index is -0.395. The molecule has 4 aromatic rings. The van der Waals surface area contributed by atoms with Gasteiger partial charge in [0, 0.05) is 26.2 Å². The summed E-state index contributed by atoms with van der Waals surface area (Å²) in [7, 11) is 0. The maximum atomic E-state index is 14.0. The number of amides is 3. The number of nitrogens with zero attached hydrogens (tertiary/aromatic N) is 1. The molecule has 0 spiro atoms. The summed E-state index contributed by atoms with van der Waals surface area (Å²) in [5, 5.41) is 3.77. The number of rotatable bonds is 8. The monoisotopic (exact) mass is 745 g/mol. The first-order valence-electron chi connectivity index (χ1n) is 16.0. The molecule has 9 nitrogen and oxygen atoms in total. The Balaban J connectivity index is 1.10. The number of thioether (sulfide) groups is 1. The molecule has 3 fully saturated rings. The summed E-state index contributed by atoms with van der Waals surface area (Å²) in [5.41, 5.74) is 3.29. The van der Waals surface area contributed by atoms with Crippen molar-refractivity contribution < 1.29 is 23.9 Å². The molecule has 2 N–H and O–H groups in total. The molecule has 3 aromatic carbocycles. The minimum absolute atomic E-state index is 0.0125. The number of aryl methyl sites for hydroxylation is 1. The lowest BCUT2D eigenvalue weighted by molar-refractivity contribution is -0.123. The maximum Gasteiger partial charge on any atom is 0.305 e. The van der Waals surface area contributed by atoms with Crippen LogP contribution < -0.4 is 24.6 Å². The first-order valence-corrected chi connectivity index (χ1v) is 18.5. The molecule has 0 radical (unpaired) electrons. The molecule has 1 saturated heterocycles. The molecule has 246 valence electrons. The number of aromatic nitrogens is 1. The van der Waals surface area contributed by atoms with Gasteiger partial charge in [-0.3, -0.25) is 24.1 Å². The standard InChI is InChI=1S/C36H32BrN3O6S2/c1-3-45-25-14-18(7-12-24(25)46-16-26(41)38-20-6-4-5-17(2)13-20)27-28-22-15-23(31(28)47-33-32(27)48-36(44)39-33)30-29(22)34(42)40(35(30)43)21-10-8-19(37)9-11-21/h4-14,22-23,27-31H,3,15-16H2,1-2H3,(H,38,41)(H,39,44)/t22-,23-,27+,28-,29+,30+,31-/m1/s1. The number of anilines is 2. The fraction of sp³-hybridized carbons (Fsp3) is 0.333. The van der Waals surface area contributed by atoms with Crippen LogP contribution in [0.5, 0.6) is 11.5 Å². The van der Waals surface area contributed by atoms with Crippen molar-refractivity contribution in [3.63, 3.8) is 0 Å². The number of ether oxygens (including phenoxy) is 2. The zero-order chi connectivity index (χ0) is 33.3. The van der Waals surface area contributed by atoms with E-state index in [-0.39, 0.29) is 64.0 Å². The summed E-state index contributed by atoms with van der Waals surface area (Å²) in [5.74, 6) is -0.465. The Morgan fingerprint density at radius 3 is 2.50 bits per heavy atom. The minimum Gasteiger partial charge on any atom is -0.490 e. The van der Waals surface area contributed by atoms with E-state index in [1.165, 1.54) is 16.2 Å². The van der Waals surface area contributed by atoms with Crippen LogP contribution in [0.2, 0.25) is 0 Å². The number of carbonyl (C=O) groups is 3. The number of halogens is 1. The molecule has 2 bridgehead atoms. The van der Waals surface area contributed by atoms with Crippen LogP contribution >= 0.6 is 39.0 Å². The zero-order valence-corrected chi connectivity index (χ0v) is 29.3. The van der Waals surface area contributed by atoms with E-state index in [1.807, 2.05) is 68.4 Å². The SMILES string of the molecule is CCOc1cc([C@@H]2c3sc(=O)[nH]c3S[C@@H]3[C@@H]4C[C@@H]([C@@H]5C(=O)N(c6ccc(Br)cc6)C(=O)[C@@H]45)[C@H]23)ccc1OCC(=O)Nc1cccc(C)c1. The van der Waals surface area contributed by atoms with E-state index in [2.05, 4.69) is 26.2 Å². The second-order valence-electron chi connectivity index (χ2n) is 12.8. The van der Waals surface area contributed by atoms with Crippen LogP contribution in [-0.2, 0) is 14.4 Å². The van der Waals surface area contributed by atoms with Crippen molar-refractivity contribution in [2.24, 2.45) is 29.6 Å². The van der Waals surface area contributed by atoms with Crippen LogP contribution in [0.15, 0.2) is 81.0 Å². The van der Waals surface area contributed by atoms with Crippen LogP contribution in [-0.4, -0.2) is 41.2 Å². The van der Waals surface area contributed by atoms with Crippen LogP contribution in [0.1, 0.15) is 35.3 Å². The summed E-state index contributed by atoms with van der Waals surface area (Å²) in [6.07, 6.45) is 0.800. The smallest absolute Gasteiger partial charge is 0.305 e. The molecule has 2 saturated carbocycles. The second-order valence-corrected chi connectivity index (χ2v) is 15.9. The fourth-order valence-corrected chi connectivity index (χ4v) is 11.6. The van der Waals surface area contributed by atoms with Crippen molar-refractivity contribution >= 4 is 68.1 Å². The van der Waals surface area contributed by atoms with Crippen molar-refractivity contribution in [2.75, 3.05) is 23.4 Å². The topological polar surface area (TPSA) is 118 Å². The van der Waals surface area contributed by atoms with E-state index in [0.29, 0.717) is 29.5 Å². The van der Waals surface area contributed by atoms with Gasteiger partial charge in [0.25, 0.3) is 5.91 Å². The number of nitrogens with one attached hydrogen (secondary N) is 2. The van der Waals surface area contributed by atoms with E-state index in [9.17, 15) is 19.2 Å². The highest BCUT2D eigenvalue weighted by Crippen LogP contribution is 2.68. The van der Waals surface area contributed by atoms with Crippen molar-refractivity contribution in [1.82, 2.24) is 4.98 Å². The first-order chi connectivity index (χ1) is 23.2. The van der Waals surface area contributed by atoms with Gasteiger partial charge in [-0.25, -0.2) is 0 Å². The van der Waals surface area contributed by atoms with Crippen LogP contribution in [0.3, 0.4) is 0 Å². The lowest BCUT2D eigenvalue weighted by Gasteiger charge is -2.43. The molecule has 0 unspecified atom stereocenters. The van der Waals surface area contributed by atoms with Gasteiger partial charge < -0.3 is 19.8 Å². The number of aromatic amines is 1. The Bertz CT molecular complexity index is 2010. The Morgan fingerprint density at radius 1 is 0.979 bits per heavy atom. The van der Waals surface area contributed by atoms with Gasteiger partial charge in [-0.05, 0) is 97.7 Å². The average molecular weight is 747 g/mol. The summed E-state index contributed by atoms with van der Waals surface area (Å²) < 4.78 is 12.9. The van der Waals surface area contributed by atoms with Gasteiger partial charge in [0.15, 0.2) is 18.1 Å². The van der Waals surface area contributed by atoms with Crippen LogP contribution in [0.25, 0.3) is 0 Å². The van der Waals surface area contributed by atoms with Gasteiger partial charge in [-0.1, -0.05) is 45.5 Å². The number of fused-ring (bicyclic) bond motifs is 9. The van der Waals surface area contributed by atoms with Gasteiger partial charge in [0.2, 0.25) is 11.8 Å². The Hall–Kier alpha value is -3.87. The Morgan fingerprint density at radius 2 is 1.75 bits per heavy atom. The van der Waals surface area contributed by atoms with E-state index in [0.717, 1.165) is 31.9 Å². The molecule has 8 rings (SSSR count). The van der Waals surface area contributed by atoms with E-state index < -0.39 is 5.92 Å². The Labute approximate surface area is 293 Å². The highest BCUT2D eigenvalue weighted by molar-refractivity contribution is 9.10. The average Bonchev–Trinajstić information content (AvgIpc) is 3.80. The van der Waals surface area contributed by atoms with Crippen LogP contribution in [0, 0.1) is 36.5 Å². The number of thiazole rings is 1. The molecule has 2 aliphatic carbocycles.